The lowest BCUT2D eigenvalue weighted by Crippen LogP contribution is -2.43. The highest BCUT2D eigenvalue weighted by molar-refractivity contribution is 5.86. The number of hydrogen-bond donors (Lipinski definition) is 1. The van der Waals surface area contributed by atoms with Gasteiger partial charge in [-0.1, -0.05) is 48.5 Å². The maximum Gasteiger partial charge on any atom is 0.136 e. The fourth-order valence-electron chi connectivity index (χ4n) is 4.55. The summed E-state index contributed by atoms with van der Waals surface area (Å²) in [6.07, 6.45) is 2.31. The molecule has 2 aliphatic heterocycles. The van der Waals surface area contributed by atoms with Crippen LogP contribution >= 0.6 is 0 Å². The molecule has 1 fully saturated rings. The molecule has 0 amide bonds. The van der Waals surface area contributed by atoms with Crippen LogP contribution in [0.1, 0.15) is 41.7 Å². The Bertz CT molecular complexity index is 912. The molecular formula is C21H20N2O. The van der Waals surface area contributed by atoms with Gasteiger partial charge < -0.3 is 4.98 Å². The Labute approximate surface area is 141 Å². The van der Waals surface area contributed by atoms with E-state index in [-0.39, 0.29) is 12.1 Å². The second-order valence-electron chi connectivity index (χ2n) is 6.94. The molecule has 120 valence electrons. The molecule has 1 saturated heterocycles. The van der Waals surface area contributed by atoms with Crippen LogP contribution in [-0.4, -0.2) is 22.2 Å². The van der Waals surface area contributed by atoms with Crippen molar-refractivity contribution in [1.29, 1.82) is 0 Å². The summed E-state index contributed by atoms with van der Waals surface area (Å²) in [6.45, 7) is 1.02. The van der Waals surface area contributed by atoms with Gasteiger partial charge in [0.2, 0.25) is 0 Å². The molecule has 2 atom stereocenters. The summed E-state index contributed by atoms with van der Waals surface area (Å²) in [5.41, 5.74) is 5.12. The van der Waals surface area contributed by atoms with Crippen molar-refractivity contribution < 1.29 is 4.79 Å². The molecule has 3 nitrogen and oxygen atoms in total. The van der Waals surface area contributed by atoms with Crippen molar-refractivity contribution >= 4 is 16.7 Å². The molecule has 3 aromatic rings. The first-order valence-electron chi connectivity index (χ1n) is 8.73. The van der Waals surface area contributed by atoms with Gasteiger partial charge in [-0.2, -0.15) is 0 Å². The standard InChI is InChI=1S/C21H20N2O/c24-15-12-19(14-6-2-1-3-7-14)23-11-10-17-16-8-4-5-9-18(16)22-21(17)20(23)13-15/h1-9,19-20,22H,10-13H2/t19-,20+/m0/s1. The third-order valence-electron chi connectivity index (χ3n) is 5.63. The molecule has 3 heterocycles. The van der Waals surface area contributed by atoms with Crippen LogP contribution in [0.4, 0.5) is 0 Å². The largest absolute Gasteiger partial charge is 0.357 e. The van der Waals surface area contributed by atoms with Crippen LogP contribution in [0.2, 0.25) is 0 Å². The van der Waals surface area contributed by atoms with Gasteiger partial charge in [0.05, 0.1) is 6.04 Å². The molecule has 0 saturated carbocycles. The minimum absolute atomic E-state index is 0.188. The van der Waals surface area contributed by atoms with Gasteiger partial charge in [-0.3, -0.25) is 9.69 Å². The van der Waals surface area contributed by atoms with E-state index in [0.29, 0.717) is 18.6 Å². The van der Waals surface area contributed by atoms with E-state index < -0.39 is 0 Å². The monoisotopic (exact) mass is 316 g/mol. The third kappa shape index (κ3) is 2.05. The number of nitrogens with one attached hydrogen (secondary N) is 1. The van der Waals surface area contributed by atoms with Crippen molar-refractivity contribution in [1.82, 2.24) is 9.88 Å². The molecule has 1 N–H and O–H groups in total. The molecule has 0 aliphatic carbocycles. The number of carbonyl (C=O) groups excluding carboxylic acids is 1. The zero-order valence-corrected chi connectivity index (χ0v) is 13.5. The van der Waals surface area contributed by atoms with Gasteiger partial charge in [0.25, 0.3) is 0 Å². The molecule has 0 unspecified atom stereocenters. The van der Waals surface area contributed by atoms with E-state index in [4.69, 9.17) is 0 Å². The van der Waals surface area contributed by atoms with Crippen LogP contribution in [0, 0.1) is 0 Å². The summed E-state index contributed by atoms with van der Waals surface area (Å²) in [6, 6.07) is 19.4. The summed E-state index contributed by atoms with van der Waals surface area (Å²) < 4.78 is 0. The van der Waals surface area contributed by atoms with E-state index in [0.717, 1.165) is 13.0 Å². The Morgan fingerprint density at radius 3 is 2.54 bits per heavy atom. The Kier molecular flexibility index (Phi) is 3.10. The molecule has 1 aromatic heterocycles. The van der Waals surface area contributed by atoms with Crippen LogP contribution in [0.3, 0.4) is 0 Å². The van der Waals surface area contributed by atoms with Crippen molar-refractivity contribution in [3.05, 3.63) is 71.4 Å². The van der Waals surface area contributed by atoms with Gasteiger partial charge in [-0.15, -0.1) is 0 Å². The molecular weight excluding hydrogens is 296 g/mol. The second kappa shape index (κ2) is 5.32. The maximum absolute atomic E-state index is 12.5. The molecule has 0 bridgehead atoms. The van der Waals surface area contributed by atoms with Crippen molar-refractivity contribution in [3.63, 3.8) is 0 Å². The van der Waals surface area contributed by atoms with E-state index in [9.17, 15) is 4.79 Å². The van der Waals surface area contributed by atoms with Crippen molar-refractivity contribution in [2.24, 2.45) is 0 Å². The maximum atomic E-state index is 12.5. The van der Waals surface area contributed by atoms with Gasteiger partial charge in [-0.25, -0.2) is 0 Å². The van der Waals surface area contributed by atoms with Crippen molar-refractivity contribution in [2.45, 2.75) is 31.3 Å². The average Bonchev–Trinajstić information content (AvgIpc) is 3.01. The van der Waals surface area contributed by atoms with Crippen molar-refractivity contribution in [3.8, 4) is 0 Å². The zero-order chi connectivity index (χ0) is 16.1. The smallest absolute Gasteiger partial charge is 0.136 e. The Hall–Kier alpha value is -2.39. The highest BCUT2D eigenvalue weighted by atomic mass is 16.1. The number of H-pyrrole nitrogens is 1. The summed E-state index contributed by atoms with van der Waals surface area (Å²) in [7, 11) is 0. The van der Waals surface area contributed by atoms with Crippen LogP contribution < -0.4 is 0 Å². The second-order valence-corrected chi connectivity index (χ2v) is 6.94. The predicted octanol–water partition coefficient (Wildman–Crippen LogP) is 4.17. The number of aromatic amines is 1. The van der Waals surface area contributed by atoms with Crippen LogP contribution in [0.25, 0.3) is 10.9 Å². The number of carbonyl (C=O) groups is 1. The first kappa shape index (κ1) is 14.0. The molecule has 5 rings (SSSR count). The number of rotatable bonds is 1. The summed E-state index contributed by atoms with van der Waals surface area (Å²) in [4.78, 5) is 18.6. The molecule has 3 heteroatoms. The van der Waals surface area contributed by atoms with Gasteiger partial charge in [0.15, 0.2) is 0 Å². The van der Waals surface area contributed by atoms with E-state index in [2.05, 4.69) is 58.4 Å². The third-order valence-corrected chi connectivity index (χ3v) is 5.63. The highest BCUT2D eigenvalue weighted by Crippen LogP contribution is 2.44. The molecule has 2 aromatic carbocycles. The quantitative estimate of drug-likeness (QED) is 0.731. The number of aromatic nitrogens is 1. The van der Waals surface area contributed by atoms with E-state index in [1.807, 2.05) is 6.07 Å². The Balaban J connectivity index is 1.61. The minimum atomic E-state index is 0.188. The lowest BCUT2D eigenvalue weighted by atomic mass is 9.84. The van der Waals surface area contributed by atoms with Gasteiger partial charge in [0, 0.05) is 42.0 Å². The van der Waals surface area contributed by atoms with Crippen LogP contribution in [0.15, 0.2) is 54.6 Å². The molecule has 2 aliphatic rings. The molecule has 0 spiro atoms. The number of benzene rings is 2. The fraction of sp³-hybridized carbons (Fsp3) is 0.286. The highest BCUT2D eigenvalue weighted by Gasteiger charge is 2.40. The normalized spacial score (nSPS) is 23.9. The molecule has 24 heavy (non-hydrogen) atoms. The van der Waals surface area contributed by atoms with E-state index in [1.54, 1.807) is 0 Å². The minimum Gasteiger partial charge on any atom is -0.357 e. The van der Waals surface area contributed by atoms with Crippen LogP contribution in [-0.2, 0) is 11.2 Å². The Morgan fingerprint density at radius 1 is 0.917 bits per heavy atom. The zero-order valence-electron chi connectivity index (χ0n) is 13.5. The number of ketones is 1. The van der Waals surface area contributed by atoms with E-state index in [1.165, 1.54) is 27.7 Å². The number of Topliss-reactive ketones (excluding diaryl/α,β-unsaturated/α-hetero) is 1. The first-order valence-corrected chi connectivity index (χ1v) is 8.73. The number of hydrogen-bond acceptors (Lipinski definition) is 2. The summed E-state index contributed by atoms with van der Waals surface area (Å²) in [5.74, 6) is 0.372. The lowest BCUT2D eigenvalue weighted by Gasteiger charge is -2.44. The number of fused-ring (bicyclic) bond motifs is 5. The predicted molar refractivity (Wildman–Crippen MR) is 94.9 cm³/mol. The van der Waals surface area contributed by atoms with Gasteiger partial charge >= 0.3 is 0 Å². The number of nitrogens with zero attached hydrogens (tertiary/aromatic N) is 1. The van der Waals surface area contributed by atoms with Crippen LogP contribution in [0.5, 0.6) is 0 Å². The number of piperidine rings is 1. The number of para-hydroxylation sites is 1. The Morgan fingerprint density at radius 2 is 1.67 bits per heavy atom. The SMILES string of the molecule is O=C1C[C@@H]2c3[nH]c4ccccc4c3CCN2[C@H](c2ccccc2)C1. The summed E-state index contributed by atoms with van der Waals surface area (Å²) in [5, 5.41) is 1.32. The van der Waals surface area contributed by atoms with Gasteiger partial charge in [-0.05, 0) is 23.6 Å². The van der Waals surface area contributed by atoms with E-state index >= 15 is 0 Å². The summed E-state index contributed by atoms with van der Waals surface area (Å²) >= 11 is 0. The molecule has 0 radical (unpaired) electrons. The first-order chi connectivity index (χ1) is 11.8. The topological polar surface area (TPSA) is 36.1 Å². The van der Waals surface area contributed by atoms with Gasteiger partial charge in [0.1, 0.15) is 5.78 Å². The van der Waals surface area contributed by atoms with Crippen molar-refractivity contribution in [2.75, 3.05) is 6.54 Å². The average molecular weight is 316 g/mol. The lowest BCUT2D eigenvalue weighted by molar-refractivity contribution is -0.126. The fourth-order valence-corrected chi connectivity index (χ4v) is 4.55.